The number of piperidine rings is 1. The van der Waals surface area contributed by atoms with Crippen molar-refractivity contribution in [3.63, 3.8) is 0 Å². The Kier molecular flexibility index (Phi) is 3.72. The van der Waals surface area contributed by atoms with Gasteiger partial charge < -0.3 is 10.6 Å². The Balaban J connectivity index is 2.48. The highest BCUT2D eigenvalue weighted by Crippen LogP contribution is 2.15. The predicted molar refractivity (Wildman–Crippen MR) is 53.5 cm³/mol. The largest absolute Gasteiger partial charge is 0.352 e. The molecule has 1 rings (SSSR count). The molecule has 1 heterocycles. The van der Waals surface area contributed by atoms with Crippen LogP contribution in [0.2, 0.25) is 0 Å². The van der Waals surface area contributed by atoms with E-state index in [1.165, 1.54) is 0 Å². The van der Waals surface area contributed by atoms with Crippen molar-refractivity contribution in [3.8, 4) is 0 Å². The quantitative estimate of drug-likeness (QED) is 0.669. The van der Waals surface area contributed by atoms with E-state index in [4.69, 9.17) is 0 Å². The minimum absolute atomic E-state index is 0.160. The highest BCUT2D eigenvalue weighted by molar-refractivity contribution is 5.75. The lowest BCUT2D eigenvalue weighted by molar-refractivity contribution is -0.122. The molecule has 1 saturated heterocycles. The van der Waals surface area contributed by atoms with Crippen LogP contribution < -0.4 is 10.6 Å². The maximum atomic E-state index is 11.2. The third kappa shape index (κ3) is 2.69. The molecule has 13 heavy (non-hydrogen) atoms. The van der Waals surface area contributed by atoms with Gasteiger partial charge in [0.1, 0.15) is 0 Å². The molecule has 0 spiro atoms. The van der Waals surface area contributed by atoms with E-state index in [9.17, 15) is 4.79 Å². The molecule has 76 valence electrons. The molecular weight excluding hydrogens is 164 g/mol. The third-order valence-electron chi connectivity index (χ3n) is 2.87. The van der Waals surface area contributed by atoms with Crippen LogP contribution in [0.25, 0.3) is 0 Å². The molecule has 1 amide bonds. The van der Waals surface area contributed by atoms with Crippen LogP contribution in [0.5, 0.6) is 0 Å². The highest BCUT2D eigenvalue weighted by atomic mass is 16.1. The molecule has 3 atom stereocenters. The van der Waals surface area contributed by atoms with E-state index in [-0.39, 0.29) is 5.91 Å². The Labute approximate surface area is 80.3 Å². The molecule has 1 fully saturated rings. The van der Waals surface area contributed by atoms with E-state index in [0.29, 0.717) is 24.4 Å². The van der Waals surface area contributed by atoms with Crippen LogP contribution in [-0.2, 0) is 4.79 Å². The molecule has 0 saturated carbocycles. The minimum Gasteiger partial charge on any atom is -0.352 e. The van der Waals surface area contributed by atoms with Crippen molar-refractivity contribution in [2.75, 3.05) is 6.54 Å². The molecule has 0 bridgehead atoms. The number of amides is 1. The second-order valence-electron chi connectivity index (χ2n) is 3.96. The van der Waals surface area contributed by atoms with Gasteiger partial charge >= 0.3 is 0 Å². The second-order valence-corrected chi connectivity index (χ2v) is 3.96. The van der Waals surface area contributed by atoms with Crippen molar-refractivity contribution in [3.05, 3.63) is 0 Å². The van der Waals surface area contributed by atoms with E-state index in [1.54, 1.807) is 0 Å². The normalized spacial score (nSPS) is 34.2. The lowest BCUT2D eigenvalue weighted by Gasteiger charge is -2.35. The van der Waals surface area contributed by atoms with Crippen molar-refractivity contribution in [2.24, 2.45) is 5.92 Å². The van der Waals surface area contributed by atoms with Crippen LogP contribution in [0.1, 0.15) is 33.6 Å². The minimum atomic E-state index is 0.160. The first kappa shape index (κ1) is 10.5. The molecule has 3 heteroatoms. The zero-order valence-electron chi connectivity index (χ0n) is 8.76. The Morgan fingerprint density at radius 2 is 2.23 bits per heavy atom. The van der Waals surface area contributed by atoms with Crippen molar-refractivity contribution < 1.29 is 4.79 Å². The average molecular weight is 184 g/mol. The standard InChI is InChI=1S/C10H20N2O/c1-4-9(13)12-10-7(2)5-6-11-8(10)3/h7-8,10-11H,4-6H2,1-3H3,(H,12,13). The monoisotopic (exact) mass is 184 g/mol. The summed E-state index contributed by atoms with van der Waals surface area (Å²) in [7, 11) is 0. The first-order valence-electron chi connectivity index (χ1n) is 5.18. The molecule has 1 aliphatic rings. The van der Waals surface area contributed by atoms with Gasteiger partial charge in [0, 0.05) is 18.5 Å². The molecule has 0 aromatic carbocycles. The lowest BCUT2D eigenvalue weighted by atomic mass is 9.89. The molecule has 0 radical (unpaired) electrons. The summed E-state index contributed by atoms with van der Waals surface area (Å²) in [5.74, 6) is 0.749. The number of rotatable bonds is 2. The molecule has 0 aromatic heterocycles. The van der Waals surface area contributed by atoms with Crippen molar-refractivity contribution >= 4 is 5.91 Å². The summed E-state index contributed by atoms with van der Waals surface area (Å²) in [6.07, 6.45) is 1.73. The van der Waals surface area contributed by atoms with E-state index in [0.717, 1.165) is 13.0 Å². The first-order chi connectivity index (χ1) is 6.15. The van der Waals surface area contributed by atoms with E-state index in [1.807, 2.05) is 6.92 Å². The summed E-state index contributed by atoms with van der Waals surface area (Å²) < 4.78 is 0. The van der Waals surface area contributed by atoms with Gasteiger partial charge in [-0.3, -0.25) is 4.79 Å². The fraction of sp³-hybridized carbons (Fsp3) is 0.900. The van der Waals surface area contributed by atoms with Gasteiger partial charge in [-0.25, -0.2) is 0 Å². The molecule has 2 N–H and O–H groups in total. The SMILES string of the molecule is CCC(=O)NC1C(C)CCNC1C. The smallest absolute Gasteiger partial charge is 0.219 e. The van der Waals surface area contributed by atoms with Gasteiger partial charge in [0.05, 0.1) is 0 Å². The zero-order valence-corrected chi connectivity index (χ0v) is 8.76. The second kappa shape index (κ2) is 4.61. The van der Waals surface area contributed by atoms with Crippen LogP contribution in [0, 0.1) is 5.92 Å². The summed E-state index contributed by atoms with van der Waals surface area (Å²) in [4.78, 5) is 11.2. The summed E-state index contributed by atoms with van der Waals surface area (Å²) in [5, 5.41) is 6.44. The van der Waals surface area contributed by atoms with Gasteiger partial charge in [-0.05, 0) is 25.8 Å². The Morgan fingerprint density at radius 3 is 2.77 bits per heavy atom. The highest BCUT2D eigenvalue weighted by Gasteiger charge is 2.27. The predicted octanol–water partition coefficient (Wildman–Crippen LogP) is 0.899. The molecule has 0 aromatic rings. The topological polar surface area (TPSA) is 41.1 Å². The summed E-state index contributed by atoms with van der Waals surface area (Å²) >= 11 is 0. The van der Waals surface area contributed by atoms with E-state index >= 15 is 0 Å². The first-order valence-corrected chi connectivity index (χ1v) is 5.18. The maximum Gasteiger partial charge on any atom is 0.219 e. The fourth-order valence-electron chi connectivity index (χ4n) is 1.89. The summed E-state index contributed by atoms with van der Waals surface area (Å²) in [6, 6.07) is 0.709. The molecule has 3 unspecified atom stereocenters. The maximum absolute atomic E-state index is 11.2. The summed E-state index contributed by atoms with van der Waals surface area (Å²) in [5.41, 5.74) is 0. The van der Waals surface area contributed by atoms with Crippen molar-refractivity contribution in [2.45, 2.75) is 45.7 Å². The van der Waals surface area contributed by atoms with Crippen molar-refractivity contribution in [1.29, 1.82) is 0 Å². The molecule has 0 aliphatic carbocycles. The number of carbonyl (C=O) groups is 1. The van der Waals surface area contributed by atoms with Crippen LogP contribution in [-0.4, -0.2) is 24.5 Å². The average Bonchev–Trinajstić information content (AvgIpc) is 2.11. The lowest BCUT2D eigenvalue weighted by Crippen LogP contribution is -2.55. The fourth-order valence-corrected chi connectivity index (χ4v) is 1.89. The van der Waals surface area contributed by atoms with Gasteiger partial charge in [-0.1, -0.05) is 13.8 Å². The number of hydrogen-bond acceptors (Lipinski definition) is 2. The van der Waals surface area contributed by atoms with Crippen LogP contribution in [0.15, 0.2) is 0 Å². The molecular formula is C10H20N2O. The van der Waals surface area contributed by atoms with Crippen LogP contribution >= 0.6 is 0 Å². The molecule has 1 aliphatic heterocycles. The van der Waals surface area contributed by atoms with Crippen molar-refractivity contribution in [1.82, 2.24) is 10.6 Å². The number of nitrogens with one attached hydrogen (secondary N) is 2. The van der Waals surface area contributed by atoms with Gasteiger partial charge in [0.25, 0.3) is 0 Å². The van der Waals surface area contributed by atoms with E-state index < -0.39 is 0 Å². The zero-order chi connectivity index (χ0) is 9.84. The Hall–Kier alpha value is -0.570. The van der Waals surface area contributed by atoms with Gasteiger partial charge in [-0.15, -0.1) is 0 Å². The number of carbonyl (C=O) groups excluding carboxylic acids is 1. The third-order valence-corrected chi connectivity index (χ3v) is 2.87. The summed E-state index contributed by atoms with van der Waals surface area (Å²) in [6.45, 7) is 7.30. The van der Waals surface area contributed by atoms with Crippen LogP contribution in [0.4, 0.5) is 0 Å². The van der Waals surface area contributed by atoms with Crippen LogP contribution in [0.3, 0.4) is 0 Å². The van der Waals surface area contributed by atoms with Gasteiger partial charge in [-0.2, -0.15) is 0 Å². The molecule has 3 nitrogen and oxygen atoms in total. The van der Waals surface area contributed by atoms with E-state index in [2.05, 4.69) is 24.5 Å². The van der Waals surface area contributed by atoms with Gasteiger partial charge in [0.15, 0.2) is 0 Å². The Bertz CT molecular complexity index is 172. The van der Waals surface area contributed by atoms with Gasteiger partial charge in [0.2, 0.25) is 5.91 Å². The number of hydrogen-bond donors (Lipinski definition) is 2. The Morgan fingerprint density at radius 1 is 1.54 bits per heavy atom.